The van der Waals surface area contributed by atoms with E-state index < -0.39 is 29.0 Å². The van der Waals surface area contributed by atoms with E-state index in [1.165, 1.54) is 6.21 Å². The van der Waals surface area contributed by atoms with Crippen LogP contribution in [0, 0.1) is 30.2 Å². The van der Waals surface area contributed by atoms with Crippen LogP contribution in [-0.2, 0) is 0 Å². The van der Waals surface area contributed by atoms with Gasteiger partial charge in [-0.25, -0.2) is 17.6 Å². The number of nitrogens with zero attached hydrogens (tertiary/aromatic N) is 1. The predicted molar refractivity (Wildman–Crippen MR) is 68.7 cm³/mol. The second-order valence-corrected chi connectivity index (χ2v) is 4.12. The fourth-order valence-electron chi connectivity index (χ4n) is 1.50. The lowest BCUT2D eigenvalue weighted by atomic mass is 10.2. The number of aryl methyl sites for hydroxylation is 1. The molecule has 2 aromatic rings. The van der Waals surface area contributed by atoms with Crippen molar-refractivity contribution in [3.8, 4) is 0 Å². The molecule has 0 aliphatic heterocycles. The van der Waals surface area contributed by atoms with Gasteiger partial charge in [0.05, 0.1) is 6.21 Å². The largest absolute Gasteiger partial charge is 0.272 e. The quantitative estimate of drug-likeness (QED) is 0.391. The van der Waals surface area contributed by atoms with Crippen LogP contribution >= 0.6 is 0 Å². The molecule has 2 rings (SSSR count). The fourth-order valence-corrected chi connectivity index (χ4v) is 1.50. The smallest absolute Gasteiger partial charge is 0.186 e. The second-order valence-electron chi connectivity index (χ2n) is 4.12. The molecule has 0 radical (unpaired) electrons. The van der Waals surface area contributed by atoms with E-state index in [0.717, 1.165) is 5.56 Å². The van der Waals surface area contributed by atoms with Crippen molar-refractivity contribution in [1.29, 1.82) is 0 Å². The van der Waals surface area contributed by atoms with Crippen LogP contribution in [-0.4, -0.2) is 6.21 Å². The Kier molecular flexibility index (Phi) is 4.02. The first-order valence-corrected chi connectivity index (χ1v) is 5.68. The third-order valence-corrected chi connectivity index (χ3v) is 2.58. The third kappa shape index (κ3) is 2.96. The number of halogens is 4. The van der Waals surface area contributed by atoms with Crippen molar-refractivity contribution < 1.29 is 17.6 Å². The van der Waals surface area contributed by atoms with Crippen molar-refractivity contribution >= 4 is 11.9 Å². The molecule has 20 heavy (non-hydrogen) atoms. The van der Waals surface area contributed by atoms with Gasteiger partial charge in [0, 0.05) is 6.07 Å². The van der Waals surface area contributed by atoms with Crippen molar-refractivity contribution in [1.82, 2.24) is 0 Å². The highest BCUT2D eigenvalue weighted by Gasteiger charge is 2.18. The molecule has 0 bridgehead atoms. The molecule has 0 saturated heterocycles. The third-order valence-electron chi connectivity index (χ3n) is 2.58. The minimum Gasteiger partial charge on any atom is -0.272 e. The number of hydrogen-bond donors (Lipinski definition) is 1. The molecule has 0 heterocycles. The molecule has 0 aromatic heterocycles. The Hall–Kier alpha value is -2.37. The first kappa shape index (κ1) is 14.0. The highest BCUT2D eigenvalue weighted by atomic mass is 19.2. The molecule has 0 saturated carbocycles. The van der Waals surface area contributed by atoms with E-state index in [2.05, 4.69) is 5.10 Å². The first-order valence-electron chi connectivity index (χ1n) is 5.68. The lowest BCUT2D eigenvalue weighted by Gasteiger charge is -2.05. The molecular formula is C14H10F4N2. The average molecular weight is 282 g/mol. The van der Waals surface area contributed by atoms with Crippen LogP contribution in [0.5, 0.6) is 0 Å². The number of hydrazone groups is 1. The lowest BCUT2D eigenvalue weighted by molar-refractivity contribution is 0.458. The standard InChI is InChI=1S/C14H10F4N2/c1-8-2-4-9(5-3-8)7-19-20-14-12(17)10(15)6-11(16)13(14)18/h2-7,20H,1H3/b19-7-. The Morgan fingerprint density at radius 2 is 1.50 bits per heavy atom. The Bertz CT molecular complexity index is 625. The topological polar surface area (TPSA) is 24.4 Å². The SMILES string of the molecule is Cc1ccc(/C=N\Nc2c(F)c(F)cc(F)c2F)cc1. The predicted octanol–water partition coefficient (Wildman–Crippen LogP) is 4.00. The molecule has 2 aromatic carbocycles. The van der Waals surface area contributed by atoms with Crippen molar-refractivity contribution in [3.05, 3.63) is 64.7 Å². The Balaban J connectivity index is 2.21. The van der Waals surface area contributed by atoms with Crippen molar-refractivity contribution in [3.63, 3.8) is 0 Å². The van der Waals surface area contributed by atoms with Crippen molar-refractivity contribution in [2.45, 2.75) is 6.92 Å². The summed E-state index contributed by atoms with van der Waals surface area (Å²) in [5.41, 5.74) is 2.71. The van der Waals surface area contributed by atoms with E-state index in [9.17, 15) is 17.6 Å². The van der Waals surface area contributed by atoms with Crippen LogP contribution in [0.15, 0.2) is 35.4 Å². The molecule has 0 spiro atoms. The van der Waals surface area contributed by atoms with Crippen LogP contribution < -0.4 is 5.43 Å². The minimum atomic E-state index is -1.52. The van der Waals surface area contributed by atoms with Gasteiger partial charge >= 0.3 is 0 Å². The highest BCUT2D eigenvalue weighted by molar-refractivity contribution is 5.80. The zero-order valence-electron chi connectivity index (χ0n) is 10.4. The summed E-state index contributed by atoms with van der Waals surface area (Å²) >= 11 is 0. The summed E-state index contributed by atoms with van der Waals surface area (Å²) in [6, 6.07) is 7.26. The van der Waals surface area contributed by atoms with E-state index in [0.29, 0.717) is 5.56 Å². The number of anilines is 1. The van der Waals surface area contributed by atoms with Gasteiger partial charge in [-0.15, -0.1) is 0 Å². The van der Waals surface area contributed by atoms with Crippen LogP contribution in [0.1, 0.15) is 11.1 Å². The molecule has 0 atom stereocenters. The summed E-state index contributed by atoms with van der Waals surface area (Å²) in [5.74, 6) is -6.02. The summed E-state index contributed by atoms with van der Waals surface area (Å²) in [7, 11) is 0. The first-order chi connectivity index (χ1) is 9.49. The van der Waals surface area contributed by atoms with Gasteiger partial charge in [0.1, 0.15) is 5.69 Å². The number of benzene rings is 2. The van der Waals surface area contributed by atoms with Crippen LogP contribution in [0.4, 0.5) is 23.2 Å². The van der Waals surface area contributed by atoms with Gasteiger partial charge in [-0.3, -0.25) is 5.43 Å². The molecule has 0 aliphatic carbocycles. The van der Waals surface area contributed by atoms with Crippen LogP contribution in [0.3, 0.4) is 0 Å². The maximum atomic E-state index is 13.3. The highest BCUT2D eigenvalue weighted by Crippen LogP contribution is 2.23. The number of hydrogen-bond acceptors (Lipinski definition) is 2. The maximum Gasteiger partial charge on any atom is 0.186 e. The zero-order valence-corrected chi connectivity index (χ0v) is 10.4. The van der Waals surface area contributed by atoms with E-state index in [4.69, 9.17) is 0 Å². The molecule has 6 heteroatoms. The van der Waals surface area contributed by atoms with Gasteiger partial charge < -0.3 is 0 Å². The summed E-state index contributed by atoms with van der Waals surface area (Å²) in [6.07, 6.45) is 1.28. The normalized spacial score (nSPS) is 11.1. The summed E-state index contributed by atoms with van der Waals surface area (Å²) in [6.45, 7) is 1.90. The molecule has 104 valence electrons. The van der Waals surface area contributed by atoms with Crippen molar-refractivity contribution in [2.75, 3.05) is 5.43 Å². The molecule has 1 N–H and O–H groups in total. The van der Waals surface area contributed by atoms with Crippen LogP contribution in [0.25, 0.3) is 0 Å². The molecule has 2 nitrogen and oxygen atoms in total. The van der Waals surface area contributed by atoms with Gasteiger partial charge in [-0.1, -0.05) is 29.8 Å². The van der Waals surface area contributed by atoms with Gasteiger partial charge in [-0.05, 0) is 12.5 Å². The number of nitrogens with one attached hydrogen (secondary N) is 1. The second kappa shape index (κ2) is 5.73. The van der Waals surface area contributed by atoms with Gasteiger partial charge in [-0.2, -0.15) is 5.10 Å². The summed E-state index contributed by atoms with van der Waals surface area (Å²) < 4.78 is 52.5. The average Bonchev–Trinajstić information content (AvgIpc) is 2.42. The lowest BCUT2D eigenvalue weighted by Crippen LogP contribution is -2.02. The Morgan fingerprint density at radius 3 is 2.05 bits per heavy atom. The molecule has 0 unspecified atom stereocenters. The zero-order chi connectivity index (χ0) is 14.7. The summed E-state index contributed by atoms with van der Waals surface area (Å²) in [5, 5.41) is 3.56. The number of rotatable bonds is 3. The van der Waals surface area contributed by atoms with Gasteiger partial charge in [0.2, 0.25) is 0 Å². The summed E-state index contributed by atoms with van der Waals surface area (Å²) in [4.78, 5) is 0. The Labute approximate surface area is 112 Å². The molecule has 0 amide bonds. The Morgan fingerprint density at radius 1 is 0.950 bits per heavy atom. The maximum absolute atomic E-state index is 13.3. The van der Waals surface area contributed by atoms with E-state index >= 15 is 0 Å². The van der Waals surface area contributed by atoms with Crippen molar-refractivity contribution in [2.24, 2.45) is 5.10 Å². The van der Waals surface area contributed by atoms with Gasteiger partial charge in [0.25, 0.3) is 0 Å². The van der Waals surface area contributed by atoms with E-state index in [1.54, 1.807) is 12.1 Å². The monoisotopic (exact) mass is 282 g/mol. The van der Waals surface area contributed by atoms with Crippen LogP contribution in [0.2, 0.25) is 0 Å². The molecule has 0 aliphatic rings. The molecular weight excluding hydrogens is 272 g/mol. The fraction of sp³-hybridized carbons (Fsp3) is 0.0714. The molecule has 0 fully saturated rings. The minimum absolute atomic E-state index is 0.138. The van der Waals surface area contributed by atoms with Gasteiger partial charge in [0.15, 0.2) is 23.3 Å². The van der Waals surface area contributed by atoms with E-state index in [-0.39, 0.29) is 6.07 Å². The van der Waals surface area contributed by atoms with E-state index in [1.807, 2.05) is 24.5 Å².